The van der Waals surface area contributed by atoms with Gasteiger partial charge in [0.05, 0.1) is 25.2 Å². The summed E-state index contributed by atoms with van der Waals surface area (Å²) in [5.74, 6) is 0.558. The first-order valence-electron chi connectivity index (χ1n) is 8.61. The molecule has 0 radical (unpaired) electrons. The number of hydrogen-bond donors (Lipinski definition) is 1. The third-order valence-corrected chi connectivity index (χ3v) is 3.74. The smallest absolute Gasteiger partial charge is 0.286 e. The van der Waals surface area contributed by atoms with Crippen LogP contribution in [0, 0.1) is 10.1 Å². The Hall–Kier alpha value is -3.29. The van der Waals surface area contributed by atoms with Crippen LogP contribution >= 0.6 is 0 Å². The lowest BCUT2D eigenvalue weighted by atomic mass is 10.1. The first-order chi connectivity index (χ1) is 13.1. The Kier molecular flexibility index (Phi) is 6.45. The average Bonchev–Trinajstić information content (AvgIpc) is 2.64. The molecule has 0 unspecified atom stereocenters. The van der Waals surface area contributed by atoms with Crippen LogP contribution in [-0.2, 0) is 6.54 Å². The van der Waals surface area contributed by atoms with Crippen molar-refractivity contribution in [2.24, 2.45) is 0 Å². The van der Waals surface area contributed by atoms with Gasteiger partial charge in [-0.05, 0) is 38.5 Å². The number of carbonyl (C=O) groups is 1. The second-order valence-corrected chi connectivity index (χ2v) is 7.02. The maximum absolute atomic E-state index is 12.5. The Balaban J connectivity index is 2.15. The van der Waals surface area contributed by atoms with Crippen LogP contribution in [0.3, 0.4) is 0 Å². The van der Waals surface area contributed by atoms with Crippen molar-refractivity contribution in [3.63, 3.8) is 0 Å². The molecule has 0 heterocycles. The molecule has 0 bridgehead atoms. The molecule has 2 rings (SSSR count). The summed E-state index contributed by atoms with van der Waals surface area (Å²) in [6.07, 6.45) is 0. The number of benzene rings is 2. The minimum absolute atomic E-state index is 0.102. The summed E-state index contributed by atoms with van der Waals surface area (Å²) >= 11 is 0. The minimum Gasteiger partial charge on any atom is -0.493 e. The van der Waals surface area contributed by atoms with E-state index in [-0.39, 0.29) is 34.9 Å². The highest BCUT2D eigenvalue weighted by Crippen LogP contribution is 2.34. The van der Waals surface area contributed by atoms with Gasteiger partial charge >= 0.3 is 0 Å². The van der Waals surface area contributed by atoms with E-state index in [2.05, 4.69) is 5.32 Å². The molecule has 0 atom stereocenters. The van der Waals surface area contributed by atoms with Crippen LogP contribution in [-0.4, -0.2) is 30.7 Å². The Bertz CT molecular complexity index is 856. The molecular weight excluding hydrogens is 364 g/mol. The monoisotopic (exact) mass is 388 g/mol. The fourth-order valence-electron chi connectivity index (χ4n) is 2.51. The van der Waals surface area contributed by atoms with Crippen molar-refractivity contribution in [1.29, 1.82) is 0 Å². The molecule has 0 aliphatic carbocycles. The van der Waals surface area contributed by atoms with Gasteiger partial charge in [-0.15, -0.1) is 0 Å². The Morgan fingerprint density at radius 2 is 1.64 bits per heavy atom. The summed E-state index contributed by atoms with van der Waals surface area (Å²) in [5, 5.41) is 14.0. The highest BCUT2D eigenvalue weighted by atomic mass is 16.6. The Morgan fingerprint density at radius 3 is 2.14 bits per heavy atom. The molecule has 1 amide bonds. The molecule has 2 aromatic carbocycles. The SMILES string of the molecule is COc1cc(C(=O)NCc2ccc(OC(C)(C)C)cc2)c([N+](=O)[O-])cc1OC. The number of nitrogens with one attached hydrogen (secondary N) is 1. The number of carbonyl (C=O) groups excluding carboxylic acids is 1. The fraction of sp³-hybridized carbons (Fsp3) is 0.350. The molecule has 0 saturated carbocycles. The number of ether oxygens (including phenoxy) is 3. The number of methoxy groups -OCH3 is 2. The van der Waals surface area contributed by atoms with E-state index in [1.54, 1.807) is 0 Å². The lowest BCUT2D eigenvalue weighted by Gasteiger charge is -2.21. The summed E-state index contributed by atoms with van der Waals surface area (Å²) in [6, 6.07) is 9.74. The normalized spacial score (nSPS) is 10.9. The molecule has 0 fully saturated rings. The van der Waals surface area contributed by atoms with Crippen LogP contribution in [0.25, 0.3) is 0 Å². The van der Waals surface area contributed by atoms with E-state index in [1.165, 1.54) is 26.4 Å². The van der Waals surface area contributed by atoms with Crippen LogP contribution in [0.2, 0.25) is 0 Å². The molecule has 150 valence electrons. The van der Waals surface area contributed by atoms with Crippen LogP contribution in [0.1, 0.15) is 36.7 Å². The number of rotatable bonds is 7. The largest absolute Gasteiger partial charge is 0.493 e. The summed E-state index contributed by atoms with van der Waals surface area (Å²) < 4.78 is 16.0. The second kappa shape index (κ2) is 8.60. The zero-order chi connectivity index (χ0) is 20.9. The molecule has 8 nitrogen and oxygen atoms in total. The number of nitro groups is 1. The highest BCUT2D eigenvalue weighted by Gasteiger charge is 2.24. The van der Waals surface area contributed by atoms with Crippen LogP contribution in [0.5, 0.6) is 17.2 Å². The molecule has 28 heavy (non-hydrogen) atoms. The van der Waals surface area contributed by atoms with Gasteiger partial charge in [0.1, 0.15) is 16.9 Å². The zero-order valence-corrected chi connectivity index (χ0v) is 16.6. The highest BCUT2D eigenvalue weighted by molar-refractivity contribution is 5.99. The van der Waals surface area contributed by atoms with Gasteiger partial charge in [-0.1, -0.05) is 12.1 Å². The molecule has 0 aliphatic heterocycles. The quantitative estimate of drug-likeness (QED) is 0.573. The van der Waals surface area contributed by atoms with E-state index in [0.29, 0.717) is 0 Å². The van der Waals surface area contributed by atoms with E-state index in [9.17, 15) is 14.9 Å². The minimum atomic E-state index is -0.629. The van der Waals surface area contributed by atoms with Crippen molar-refractivity contribution >= 4 is 11.6 Å². The van der Waals surface area contributed by atoms with Gasteiger partial charge in [-0.25, -0.2) is 0 Å². The van der Waals surface area contributed by atoms with Gasteiger partial charge in [-0.3, -0.25) is 14.9 Å². The van der Waals surface area contributed by atoms with E-state index < -0.39 is 10.8 Å². The van der Waals surface area contributed by atoms with Crippen molar-refractivity contribution in [2.75, 3.05) is 14.2 Å². The van der Waals surface area contributed by atoms with E-state index >= 15 is 0 Å². The topological polar surface area (TPSA) is 99.9 Å². The van der Waals surface area contributed by atoms with Gasteiger partial charge in [0.15, 0.2) is 11.5 Å². The van der Waals surface area contributed by atoms with Crippen molar-refractivity contribution in [1.82, 2.24) is 5.32 Å². The van der Waals surface area contributed by atoms with Gasteiger partial charge in [0.2, 0.25) is 0 Å². The molecular formula is C20H24N2O6. The van der Waals surface area contributed by atoms with Crippen molar-refractivity contribution in [2.45, 2.75) is 32.9 Å². The maximum atomic E-state index is 12.5. The van der Waals surface area contributed by atoms with Gasteiger partial charge in [-0.2, -0.15) is 0 Å². The average molecular weight is 388 g/mol. The summed E-state index contributed by atoms with van der Waals surface area (Å²) in [7, 11) is 2.76. The van der Waals surface area contributed by atoms with E-state index in [0.717, 1.165) is 11.3 Å². The fourth-order valence-corrected chi connectivity index (χ4v) is 2.51. The lowest BCUT2D eigenvalue weighted by Crippen LogP contribution is -2.24. The van der Waals surface area contributed by atoms with Gasteiger partial charge in [0.25, 0.3) is 11.6 Å². The first kappa shape index (κ1) is 21.0. The van der Waals surface area contributed by atoms with Crippen molar-refractivity contribution in [3.05, 3.63) is 57.6 Å². The van der Waals surface area contributed by atoms with E-state index in [1.807, 2.05) is 45.0 Å². The summed E-state index contributed by atoms with van der Waals surface area (Å²) in [6.45, 7) is 6.08. The predicted octanol–water partition coefficient (Wildman–Crippen LogP) is 3.72. The van der Waals surface area contributed by atoms with E-state index in [4.69, 9.17) is 14.2 Å². The molecule has 8 heteroatoms. The molecule has 2 aromatic rings. The molecule has 1 N–H and O–H groups in total. The standard InChI is InChI=1S/C20H24N2O6/c1-20(2,3)28-14-8-6-13(7-9-14)12-21-19(23)15-10-17(26-4)18(27-5)11-16(15)22(24)25/h6-11H,12H2,1-5H3,(H,21,23). The van der Waals surface area contributed by atoms with Crippen LogP contribution in [0.15, 0.2) is 36.4 Å². The van der Waals surface area contributed by atoms with Gasteiger partial charge < -0.3 is 19.5 Å². The number of hydrogen-bond acceptors (Lipinski definition) is 6. The Morgan fingerprint density at radius 1 is 1.07 bits per heavy atom. The maximum Gasteiger partial charge on any atom is 0.286 e. The summed E-state index contributed by atoms with van der Waals surface area (Å²) in [4.78, 5) is 23.2. The third kappa shape index (κ3) is 5.35. The summed E-state index contributed by atoms with van der Waals surface area (Å²) in [5.41, 5.74) is 0.0689. The first-order valence-corrected chi connectivity index (χ1v) is 8.61. The molecule has 0 saturated heterocycles. The lowest BCUT2D eigenvalue weighted by molar-refractivity contribution is -0.385. The third-order valence-electron chi connectivity index (χ3n) is 3.74. The van der Waals surface area contributed by atoms with Crippen molar-refractivity contribution in [3.8, 4) is 17.2 Å². The molecule has 0 spiro atoms. The predicted molar refractivity (Wildman–Crippen MR) is 104 cm³/mol. The zero-order valence-electron chi connectivity index (χ0n) is 16.6. The van der Waals surface area contributed by atoms with Crippen LogP contribution < -0.4 is 19.5 Å². The number of amides is 1. The van der Waals surface area contributed by atoms with Crippen molar-refractivity contribution < 1.29 is 23.9 Å². The Labute approximate surface area is 163 Å². The second-order valence-electron chi connectivity index (χ2n) is 7.02. The molecule has 0 aliphatic rings. The van der Waals surface area contributed by atoms with Crippen LogP contribution in [0.4, 0.5) is 5.69 Å². The number of nitro benzene ring substituents is 1. The number of nitrogens with zero attached hydrogens (tertiary/aromatic N) is 1. The molecule has 0 aromatic heterocycles. The van der Waals surface area contributed by atoms with Gasteiger partial charge in [0, 0.05) is 12.6 Å².